The second kappa shape index (κ2) is 3.10. The van der Waals surface area contributed by atoms with Crippen LogP contribution in [-0.4, -0.2) is 10.2 Å². The van der Waals surface area contributed by atoms with Crippen molar-refractivity contribution in [2.45, 2.75) is 0 Å². The van der Waals surface area contributed by atoms with Crippen LogP contribution in [0.15, 0.2) is 34.9 Å². The minimum absolute atomic E-state index is 0.328. The fourth-order valence-corrected chi connectivity index (χ4v) is 1.62. The van der Waals surface area contributed by atoms with E-state index in [1.807, 2.05) is 0 Å². The summed E-state index contributed by atoms with van der Waals surface area (Å²) >= 11 is 0. The van der Waals surface area contributed by atoms with E-state index in [0.717, 1.165) is 5.39 Å². The third kappa shape index (κ3) is 1.25. The molecule has 2 aromatic heterocycles. The van der Waals surface area contributed by atoms with E-state index in [2.05, 4.69) is 10.2 Å². The summed E-state index contributed by atoms with van der Waals surface area (Å²) in [5, 5.41) is 7.36. The Balaban J connectivity index is 2.23. The van der Waals surface area contributed by atoms with Crippen LogP contribution >= 0.6 is 0 Å². The summed E-state index contributed by atoms with van der Waals surface area (Å²) in [7, 11) is 0. The highest BCUT2D eigenvalue weighted by atomic mass is 19.1. The summed E-state index contributed by atoms with van der Waals surface area (Å²) < 4.78 is 18.4. The van der Waals surface area contributed by atoms with Crippen LogP contribution in [0.3, 0.4) is 0 Å². The number of fused-ring (bicyclic) bond motifs is 1. The molecular weight excluding hydrogens is 209 g/mol. The van der Waals surface area contributed by atoms with Crippen LogP contribution in [0.2, 0.25) is 0 Å². The van der Waals surface area contributed by atoms with Gasteiger partial charge in [-0.3, -0.25) is 5.10 Å². The first kappa shape index (κ1) is 8.96. The Morgan fingerprint density at radius 2 is 2.19 bits per heavy atom. The number of benzene rings is 1. The Hall–Kier alpha value is -2.30. The van der Waals surface area contributed by atoms with Crippen molar-refractivity contribution in [3.63, 3.8) is 0 Å². The maximum atomic E-state index is 13.0. The molecule has 0 saturated heterocycles. The number of furan rings is 1. The first-order valence-electron chi connectivity index (χ1n) is 4.72. The average molecular weight is 217 g/mol. The molecule has 0 bridgehead atoms. The van der Waals surface area contributed by atoms with Crippen molar-refractivity contribution in [1.29, 1.82) is 0 Å². The van der Waals surface area contributed by atoms with Crippen LogP contribution in [0.25, 0.3) is 22.4 Å². The van der Waals surface area contributed by atoms with E-state index >= 15 is 0 Å². The minimum atomic E-state index is -0.328. The number of rotatable bonds is 1. The predicted octanol–water partition coefficient (Wildman–Crippen LogP) is 2.54. The third-order valence-corrected chi connectivity index (χ3v) is 2.40. The van der Waals surface area contributed by atoms with Gasteiger partial charge in [-0.25, -0.2) is 4.39 Å². The molecule has 0 radical (unpaired) electrons. The molecule has 0 atom stereocenters. The van der Waals surface area contributed by atoms with Crippen molar-refractivity contribution in [2.75, 3.05) is 5.73 Å². The van der Waals surface area contributed by atoms with Gasteiger partial charge in [0.15, 0.2) is 5.76 Å². The lowest BCUT2D eigenvalue weighted by atomic mass is 10.2. The van der Waals surface area contributed by atoms with Crippen molar-refractivity contribution < 1.29 is 8.81 Å². The number of aromatic amines is 1. The molecule has 4 nitrogen and oxygen atoms in total. The lowest BCUT2D eigenvalue weighted by Crippen LogP contribution is -1.84. The van der Waals surface area contributed by atoms with E-state index < -0.39 is 0 Å². The molecule has 0 unspecified atom stereocenters. The minimum Gasteiger partial charge on any atom is -0.454 e. The highest BCUT2D eigenvalue weighted by Crippen LogP contribution is 2.29. The lowest BCUT2D eigenvalue weighted by Gasteiger charge is -1.91. The number of H-pyrrole nitrogens is 1. The van der Waals surface area contributed by atoms with Gasteiger partial charge in [0.2, 0.25) is 0 Å². The van der Waals surface area contributed by atoms with Crippen molar-refractivity contribution in [3.8, 4) is 11.5 Å². The third-order valence-electron chi connectivity index (χ3n) is 2.40. The summed E-state index contributed by atoms with van der Waals surface area (Å²) in [6, 6.07) is 6.17. The lowest BCUT2D eigenvalue weighted by molar-refractivity contribution is 0.606. The van der Waals surface area contributed by atoms with E-state index in [4.69, 9.17) is 10.2 Å². The molecule has 3 rings (SSSR count). The number of anilines is 1. The zero-order valence-electron chi connectivity index (χ0n) is 8.20. The van der Waals surface area contributed by atoms with Gasteiger partial charge < -0.3 is 10.2 Å². The van der Waals surface area contributed by atoms with Gasteiger partial charge in [0.25, 0.3) is 0 Å². The first-order chi connectivity index (χ1) is 7.74. The maximum absolute atomic E-state index is 13.0. The summed E-state index contributed by atoms with van der Waals surface area (Å²) in [5.41, 5.74) is 7.29. The molecule has 0 fully saturated rings. The second-order valence-corrected chi connectivity index (χ2v) is 3.49. The standard InChI is InChI=1S/C11H8FN3O/c12-7-2-1-6-3-10(16-9(6)4-7)11-8(13)5-14-15-11/h1-5H,13H2,(H,14,15). The monoisotopic (exact) mass is 217 g/mol. The van der Waals surface area contributed by atoms with Crippen molar-refractivity contribution in [1.82, 2.24) is 10.2 Å². The number of hydrogen-bond donors (Lipinski definition) is 2. The van der Waals surface area contributed by atoms with Gasteiger partial charge in [-0.1, -0.05) is 0 Å². The number of halogens is 1. The zero-order valence-corrected chi connectivity index (χ0v) is 8.20. The molecule has 0 aliphatic carbocycles. The van der Waals surface area contributed by atoms with Gasteiger partial charge in [-0.05, 0) is 18.2 Å². The molecule has 3 aromatic rings. The van der Waals surface area contributed by atoms with Crippen molar-refractivity contribution in [3.05, 3.63) is 36.3 Å². The fourth-order valence-electron chi connectivity index (χ4n) is 1.62. The molecule has 0 amide bonds. The highest BCUT2D eigenvalue weighted by Gasteiger charge is 2.10. The Bertz CT molecular complexity index is 656. The number of hydrogen-bond acceptors (Lipinski definition) is 3. The topological polar surface area (TPSA) is 67.8 Å². The molecule has 0 aliphatic rings. The largest absolute Gasteiger partial charge is 0.454 e. The van der Waals surface area contributed by atoms with Crippen LogP contribution < -0.4 is 5.73 Å². The molecular formula is C11H8FN3O. The average Bonchev–Trinajstić information content (AvgIpc) is 2.82. The van der Waals surface area contributed by atoms with E-state index in [0.29, 0.717) is 22.7 Å². The summed E-state index contributed by atoms with van der Waals surface area (Å²) in [5.74, 6) is 0.224. The van der Waals surface area contributed by atoms with Crippen molar-refractivity contribution >= 4 is 16.7 Å². The van der Waals surface area contributed by atoms with E-state index in [9.17, 15) is 4.39 Å². The number of nitrogen functional groups attached to an aromatic ring is 1. The SMILES string of the molecule is Nc1cn[nH]c1-c1cc2ccc(F)cc2o1. The molecule has 2 heterocycles. The zero-order chi connectivity index (χ0) is 11.1. The van der Waals surface area contributed by atoms with E-state index in [-0.39, 0.29) is 5.82 Å². The molecule has 0 aliphatic heterocycles. The highest BCUT2D eigenvalue weighted by molar-refractivity contribution is 5.84. The van der Waals surface area contributed by atoms with E-state index in [1.54, 1.807) is 12.1 Å². The van der Waals surface area contributed by atoms with Crippen LogP contribution in [-0.2, 0) is 0 Å². The van der Waals surface area contributed by atoms with Gasteiger partial charge in [0, 0.05) is 11.5 Å². The van der Waals surface area contributed by atoms with Gasteiger partial charge in [0.1, 0.15) is 17.1 Å². The van der Waals surface area contributed by atoms with Crippen LogP contribution in [0, 0.1) is 5.82 Å². The van der Waals surface area contributed by atoms with E-state index in [1.165, 1.54) is 18.3 Å². The van der Waals surface area contributed by atoms with Crippen LogP contribution in [0.4, 0.5) is 10.1 Å². The molecule has 16 heavy (non-hydrogen) atoms. The van der Waals surface area contributed by atoms with Gasteiger partial charge in [0.05, 0.1) is 11.9 Å². The number of nitrogens with zero attached hydrogens (tertiary/aromatic N) is 1. The molecule has 3 N–H and O–H groups in total. The van der Waals surface area contributed by atoms with Crippen LogP contribution in [0.5, 0.6) is 0 Å². The Morgan fingerprint density at radius 3 is 2.94 bits per heavy atom. The smallest absolute Gasteiger partial charge is 0.155 e. The molecule has 1 aromatic carbocycles. The van der Waals surface area contributed by atoms with Gasteiger partial charge in [-0.15, -0.1) is 0 Å². The molecule has 5 heteroatoms. The maximum Gasteiger partial charge on any atom is 0.155 e. The summed E-state index contributed by atoms with van der Waals surface area (Å²) in [6.45, 7) is 0. The Kier molecular flexibility index (Phi) is 1.73. The molecule has 80 valence electrons. The fraction of sp³-hybridized carbons (Fsp3) is 0. The Labute approximate surface area is 89.9 Å². The first-order valence-corrected chi connectivity index (χ1v) is 4.72. The summed E-state index contributed by atoms with van der Waals surface area (Å²) in [6.07, 6.45) is 1.50. The van der Waals surface area contributed by atoms with Crippen LogP contribution in [0.1, 0.15) is 0 Å². The molecule has 0 saturated carbocycles. The number of aromatic nitrogens is 2. The van der Waals surface area contributed by atoms with Crippen molar-refractivity contribution in [2.24, 2.45) is 0 Å². The van der Waals surface area contributed by atoms with Gasteiger partial charge >= 0.3 is 0 Å². The quantitative estimate of drug-likeness (QED) is 0.658. The number of nitrogens with one attached hydrogen (secondary N) is 1. The summed E-state index contributed by atoms with van der Waals surface area (Å²) in [4.78, 5) is 0. The molecule has 0 spiro atoms. The Morgan fingerprint density at radius 1 is 1.31 bits per heavy atom. The second-order valence-electron chi connectivity index (χ2n) is 3.49. The number of nitrogens with two attached hydrogens (primary N) is 1. The van der Waals surface area contributed by atoms with Gasteiger partial charge in [-0.2, -0.15) is 5.10 Å². The predicted molar refractivity (Wildman–Crippen MR) is 58.2 cm³/mol. The normalized spacial score (nSPS) is 11.1.